The van der Waals surface area contributed by atoms with E-state index in [2.05, 4.69) is 15.3 Å². The van der Waals surface area contributed by atoms with Crippen molar-refractivity contribution in [2.45, 2.75) is 12.3 Å². The first kappa shape index (κ1) is 19.0. The van der Waals surface area contributed by atoms with Crippen LogP contribution in [0.25, 0.3) is 10.9 Å². The summed E-state index contributed by atoms with van der Waals surface area (Å²) in [5.74, 6) is -0.110. The Morgan fingerprint density at radius 2 is 2.00 bits per heavy atom. The van der Waals surface area contributed by atoms with Crippen molar-refractivity contribution in [1.82, 2.24) is 15.3 Å². The van der Waals surface area contributed by atoms with E-state index < -0.39 is 5.91 Å². The zero-order chi connectivity index (χ0) is 19.4. The molecule has 1 unspecified atom stereocenters. The highest BCUT2D eigenvalue weighted by Crippen LogP contribution is 2.30. The summed E-state index contributed by atoms with van der Waals surface area (Å²) in [7, 11) is 0. The highest BCUT2D eigenvalue weighted by molar-refractivity contribution is 6.31. The van der Waals surface area contributed by atoms with Crippen LogP contribution in [0.4, 0.5) is 10.2 Å². The van der Waals surface area contributed by atoms with E-state index in [9.17, 15) is 9.18 Å². The van der Waals surface area contributed by atoms with E-state index in [1.54, 1.807) is 30.3 Å². The van der Waals surface area contributed by atoms with Crippen LogP contribution in [0.3, 0.4) is 0 Å². The molecule has 0 spiro atoms. The van der Waals surface area contributed by atoms with Gasteiger partial charge in [0.2, 0.25) is 0 Å². The number of fused-ring (bicyclic) bond motifs is 1. The maximum absolute atomic E-state index is 13.4. The summed E-state index contributed by atoms with van der Waals surface area (Å²) in [4.78, 5) is 18.8. The average Bonchev–Trinajstić information content (AvgIpc) is 3.16. The molecule has 1 aliphatic heterocycles. The number of aromatic nitrogens is 2. The van der Waals surface area contributed by atoms with Crippen molar-refractivity contribution in [3.8, 4) is 0 Å². The lowest BCUT2D eigenvalue weighted by molar-refractivity contribution is 0.100. The summed E-state index contributed by atoms with van der Waals surface area (Å²) < 4.78 is 13.4. The summed E-state index contributed by atoms with van der Waals surface area (Å²) in [6.45, 7) is 1.79. The van der Waals surface area contributed by atoms with Gasteiger partial charge in [0.25, 0.3) is 5.91 Å². The third-order valence-corrected chi connectivity index (χ3v) is 4.76. The Hall–Kier alpha value is -2.77. The van der Waals surface area contributed by atoms with E-state index >= 15 is 0 Å². The number of nitrogens with zero attached hydrogens (tertiary/aromatic N) is 2. The van der Waals surface area contributed by atoms with E-state index in [-0.39, 0.29) is 11.7 Å². The van der Waals surface area contributed by atoms with Crippen molar-refractivity contribution >= 4 is 34.2 Å². The maximum atomic E-state index is 13.4. The smallest absolute Gasteiger partial charge is 0.250 e. The third-order valence-electron chi connectivity index (χ3n) is 4.43. The van der Waals surface area contributed by atoms with Crippen LogP contribution in [0.2, 0.25) is 5.02 Å². The van der Waals surface area contributed by atoms with Gasteiger partial charge in [-0.3, -0.25) is 4.79 Å². The largest absolute Gasteiger partial charge is 0.383 e. The van der Waals surface area contributed by atoms with Crippen LogP contribution in [0, 0.1) is 5.82 Å². The first-order valence-electron chi connectivity index (χ1n) is 8.42. The molecule has 0 saturated carbocycles. The minimum atomic E-state index is -0.520. The Labute approximate surface area is 160 Å². The Bertz CT molecular complexity index is 955. The van der Waals surface area contributed by atoms with Crippen molar-refractivity contribution in [3.63, 3.8) is 0 Å². The molecule has 27 heavy (non-hydrogen) atoms. The average molecular weight is 388 g/mol. The zero-order valence-corrected chi connectivity index (χ0v) is 15.2. The molecular formula is C19H19ClFN5O. The van der Waals surface area contributed by atoms with Crippen molar-refractivity contribution in [2.75, 3.05) is 18.8 Å². The van der Waals surface area contributed by atoms with Crippen LogP contribution < -0.4 is 16.8 Å². The first-order chi connectivity index (χ1) is 13.0. The molecule has 8 heteroatoms. The fraction of sp³-hybridized carbons (Fsp3) is 0.211. The van der Waals surface area contributed by atoms with Gasteiger partial charge in [0, 0.05) is 28.4 Å². The van der Waals surface area contributed by atoms with Gasteiger partial charge >= 0.3 is 0 Å². The Kier molecular flexibility index (Phi) is 5.83. The van der Waals surface area contributed by atoms with E-state index in [0.29, 0.717) is 32.9 Å². The molecule has 2 aromatic carbocycles. The van der Waals surface area contributed by atoms with Gasteiger partial charge in [-0.25, -0.2) is 14.4 Å². The van der Waals surface area contributed by atoms with E-state index in [4.69, 9.17) is 23.1 Å². The number of anilines is 1. The normalized spacial score (nSPS) is 16.0. The molecule has 1 atom stereocenters. The number of benzene rings is 2. The van der Waals surface area contributed by atoms with Gasteiger partial charge in [-0.2, -0.15) is 0 Å². The van der Waals surface area contributed by atoms with Crippen LogP contribution in [0.5, 0.6) is 0 Å². The topological polar surface area (TPSA) is 107 Å². The summed E-state index contributed by atoms with van der Waals surface area (Å²) in [5, 5.41) is 4.39. The lowest BCUT2D eigenvalue weighted by Gasteiger charge is -2.11. The maximum Gasteiger partial charge on any atom is 0.250 e. The number of hydrogen-bond donors (Lipinski definition) is 3. The minimum absolute atomic E-state index is 0.179. The molecule has 1 aliphatic rings. The second-order valence-corrected chi connectivity index (χ2v) is 6.56. The monoisotopic (exact) mass is 387 g/mol. The van der Waals surface area contributed by atoms with Crippen molar-refractivity contribution in [1.29, 1.82) is 0 Å². The number of nitrogens with two attached hydrogens (primary N) is 2. The zero-order valence-electron chi connectivity index (χ0n) is 14.5. The van der Waals surface area contributed by atoms with E-state index in [0.717, 1.165) is 19.5 Å². The highest BCUT2D eigenvalue weighted by Gasteiger charge is 2.22. The van der Waals surface area contributed by atoms with Crippen LogP contribution in [-0.4, -0.2) is 29.0 Å². The lowest BCUT2D eigenvalue weighted by atomic mass is 9.98. The molecule has 1 aromatic heterocycles. The van der Waals surface area contributed by atoms with Gasteiger partial charge in [0.15, 0.2) is 0 Å². The number of hydrogen-bond acceptors (Lipinski definition) is 5. The molecule has 0 aliphatic carbocycles. The van der Waals surface area contributed by atoms with E-state index in [1.165, 1.54) is 12.4 Å². The minimum Gasteiger partial charge on any atom is -0.383 e. The fourth-order valence-corrected chi connectivity index (χ4v) is 3.43. The quantitative estimate of drug-likeness (QED) is 0.626. The van der Waals surface area contributed by atoms with Crippen LogP contribution in [-0.2, 0) is 0 Å². The van der Waals surface area contributed by atoms with Crippen molar-refractivity contribution in [2.24, 2.45) is 5.73 Å². The lowest BCUT2D eigenvalue weighted by Crippen LogP contribution is -2.12. The summed E-state index contributed by atoms with van der Waals surface area (Å²) in [6, 6.07) is 9.91. The molecule has 0 bridgehead atoms. The number of nitrogens with one attached hydrogen (secondary N) is 1. The third kappa shape index (κ3) is 4.15. The van der Waals surface area contributed by atoms with Crippen LogP contribution in [0.15, 0.2) is 42.7 Å². The van der Waals surface area contributed by atoms with E-state index in [1.807, 2.05) is 0 Å². The predicted molar refractivity (Wildman–Crippen MR) is 104 cm³/mol. The van der Waals surface area contributed by atoms with Gasteiger partial charge in [0.05, 0.1) is 11.1 Å². The molecule has 4 rings (SSSR count). The number of rotatable bonds is 2. The molecular weight excluding hydrogens is 369 g/mol. The summed E-state index contributed by atoms with van der Waals surface area (Å²) in [5.41, 5.74) is 12.3. The number of nitrogen functional groups attached to an aromatic ring is 1. The summed E-state index contributed by atoms with van der Waals surface area (Å²) >= 11 is 5.94. The number of primary amides is 1. The molecule has 1 saturated heterocycles. The van der Waals surface area contributed by atoms with Crippen molar-refractivity contribution in [3.05, 3.63) is 64.7 Å². The molecule has 1 fully saturated rings. The Morgan fingerprint density at radius 1 is 1.22 bits per heavy atom. The highest BCUT2D eigenvalue weighted by atomic mass is 35.5. The molecule has 0 radical (unpaired) electrons. The molecule has 5 N–H and O–H groups in total. The molecule has 140 valence electrons. The Morgan fingerprint density at radius 3 is 2.67 bits per heavy atom. The second-order valence-electron chi connectivity index (χ2n) is 6.15. The van der Waals surface area contributed by atoms with Crippen LogP contribution in [0.1, 0.15) is 28.3 Å². The molecule has 6 nitrogen and oxygen atoms in total. The molecule has 2 heterocycles. The number of para-hydroxylation sites is 1. The number of carbonyl (C=O) groups excluding carboxylic acids is 1. The summed E-state index contributed by atoms with van der Waals surface area (Å²) in [6.07, 6.45) is 2.28. The van der Waals surface area contributed by atoms with Gasteiger partial charge in [0.1, 0.15) is 18.0 Å². The van der Waals surface area contributed by atoms with Gasteiger partial charge in [-0.1, -0.05) is 23.7 Å². The van der Waals surface area contributed by atoms with Gasteiger partial charge in [-0.05, 0) is 37.2 Å². The fourth-order valence-electron chi connectivity index (χ4n) is 3.11. The molecule has 3 aromatic rings. The second kappa shape index (κ2) is 8.28. The Balaban J connectivity index is 0.000000156. The molecule has 1 amide bonds. The number of halogens is 2. The number of amides is 1. The van der Waals surface area contributed by atoms with Gasteiger partial charge in [-0.15, -0.1) is 0 Å². The first-order valence-corrected chi connectivity index (χ1v) is 8.80. The number of carbonyl (C=O) groups is 1. The van der Waals surface area contributed by atoms with Crippen molar-refractivity contribution < 1.29 is 9.18 Å². The van der Waals surface area contributed by atoms with Crippen LogP contribution >= 0.6 is 11.6 Å². The SMILES string of the molecule is Fc1cccc(Cl)c1C1CCNC1.NC(=O)c1cccc2c(N)ncnc12. The standard InChI is InChI=1S/C10H11ClFN.C9H8N4O/c11-8-2-1-3-9(12)10(8)7-4-5-13-6-7;10-8-5-2-1-3-6(9(11)14)7(5)12-4-13-8/h1-3,7,13H,4-6H2;1-4H,(H2,11,14)(H2,10,12,13). The predicted octanol–water partition coefficient (Wildman–Crippen LogP) is 2.87. The van der Waals surface area contributed by atoms with Gasteiger partial charge < -0.3 is 16.8 Å².